The number of hydrogen-bond acceptors (Lipinski definition) is 4. The lowest BCUT2D eigenvalue weighted by atomic mass is 10.0. The first-order valence-corrected chi connectivity index (χ1v) is 8.46. The Balaban J connectivity index is 2.08. The summed E-state index contributed by atoms with van der Waals surface area (Å²) in [6.45, 7) is 1.63. The normalized spacial score (nSPS) is 11.5. The monoisotopic (exact) mass is 355 g/mol. The Bertz CT molecular complexity index is 734. The number of rotatable bonds is 9. The fourth-order valence-corrected chi connectivity index (χ4v) is 2.44. The van der Waals surface area contributed by atoms with Gasteiger partial charge in [-0.25, -0.2) is 4.79 Å². The van der Waals surface area contributed by atoms with Crippen LogP contribution in [0.5, 0.6) is 11.5 Å². The standard InChI is InChI=1S/C21H25NO4/c1-22(2)13-4-14-26-19-9-5-16(6-10-19)15-20(21(23)24)17-7-11-18(25-3)12-8-17/h5-12,15H,4,13-14H2,1-3H3,(H,23,24)/b20-15+. The van der Waals surface area contributed by atoms with E-state index in [1.54, 1.807) is 37.5 Å². The molecule has 0 atom stereocenters. The fraction of sp³-hybridized carbons (Fsp3) is 0.286. The number of benzene rings is 2. The van der Waals surface area contributed by atoms with Crippen LogP contribution in [0.15, 0.2) is 48.5 Å². The van der Waals surface area contributed by atoms with E-state index >= 15 is 0 Å². The summed E-state index contributed by atoms with van der Waals surface area (Å²) in [5.74, 6) is 0.496. The van der Waals surface area contributed by atoms with Gasteiger partial charge in [0.05, 0.1) is 19.3 Å². The van der Waals surface area contributed by atoms with Gasteiger partial charge in [-0.2, -0.15) is 0 Å². The van der Waals surface area contributed by atoms with E-state index in [1.165, 1.54) is 0 Å². The van der Waals surface area contributed by atoms with Crippen LogP contribution in [0.1, 0.15) is 17.5 Å². The lowest BCUT2D eigenvalue weighted by Gasteiger charge is -2.10. The number of ether oxygens (including phenoxy) is 2. The molecule has 0 aliphatic rings. The van der Waals surface area contributed by atoms with Crippen LogP contribution >= 0.6 is 0 Å². The first-order valence-electron chi connectivity index (χ1n) is 8.46. The van der Waals surface area contributed by atoms with E-state index in [1.807, 2.05) is 38.4 Å². The molecule has 26 heavy (non-hydrogen) atoms. The van der Waals surface area contributed by atoms with Crippen molar-refractivity contribution in [3.63, 3.8) is 0 Å². The molecule has 0 bridgehead atoms. The van der Waals surface area contributed by atoms with Crippen molar-refractivity contribution in [1.29, 1.82) is 0 Å². The zero-order valence-corrected chi connectivity index (χ0v) is 15.4. The summed E-state index contributed by atoms with van der Waals surface area (Å²) >= 11 is 0. The van der Waals surface area contributed by atoms with E-state index < -0.39 is 5.97 Å². The molecule has 0 heterocycles. The van der Waals surface area contributed by atoms with Crippen molar-refractivity contribution >= 4 is 17.6 Å². The van der Waals surface area contributed by atoms with Gasteiger partial charge in [-0.3, -0.25) is 0 Å². The molecular formula is C21H25NO4. The van der Waals surface area contributed by atoms with Gasteiger partial charge >= 0.3 is 5.97 Å². The first-order chi connectivity index (χ1) is 12.5. The molecule has 0 aliphatic heterocycles. The van der Waals surface area contributed by atoms with E-state index in [-0.39, 0.29) is 5.57 Å². The van der Waals surface area contributed by atoms with Crippen molar-refractivity contribution in [3.05, 3.63) is 59.7 Å². The zero-order chi connectivity index (χ0) is 18.9. The van der Waals surface area contributed by atoms with Crippen LogP contribution < -0.4 is 9.47 Å². The Morgan fingerprint density at radius 1 is 1.04 bits per heavy atom. The number of methoxy groups -OCH3 is 1. The third kappa shape index (κ3) is 5.93. The molecule has 5 heteroatoms. The molecule has 0 fully saturated rings. The maximum Gasteiger partial charge on any atom is 0.336 e. The maximum atomic E-state index is 11.6. The molecule has 0 radical (unpaired) electrons. The lowest BCUT2D eigenvalue weighted by Crippen LogP contribution is -2.15. The summed E-state index contributed by atoms with van der Waals surface area (Å²) < 4.78 is 10.8. The predicted octanol–water partition coefficient (Wildman–Crippen LogP) is 3.65. The molecule has 1 N–H and O–H groups in total. The van der Waals surface area contributed by atoms with Crippen molar-refractivity contribution in [2.45, 2.75) is 6.42 Å². The second-order valence-electron chi connectivity index (χ2n) is 6.17. The van der Waals surface area contributed by atoms with Gasteiger partial charge in [-0.05, 0) is 62.0 Å². The third-order valence-corrected chi connectivity index (χ3v) is 3.84. The molecule has 138 valence electrons. The fourth-order valence-electron chi connectivity index (χ4n) is 2.44. The van der Waals surface area contributed by atoms with Crippen molar-refractivity contribution in [2.75, 3.05) is 34.4 Å². The Morgan fingerprint density at radius 2 is 1.65 bits per heavy atom. The smallest absolute Gasteiger partial charge is 0.336 e. The number of nitrogens with zero attached hydrogens (tertiary/aromatic N) is 1. The Hall–Kier alpha value is -2.79. The van der Waals surface area contributed by atoms with E-state index in [9.17, 15) is 9.90 Å². The van der Waals surface area contributed by atoms with Crippen molar-refractivity contribution in [1.82, 2.24) is 4.90 Å². The molecular weight excluding hydrogens is 330 g/mol. The number of carboxylic acid groups (broad SMARTS) is 1. The topological polar surface area (TPSA) is 59.0 Å². The van der Waals surface area contributed by atoms with Crippen LogP contribution in [0.2, 0.25) is 0 Å². The number of carboxylic acids is 1. The van der Waals surface area contributed by atoms with Gasteiger partial charge in [0, 0.05) is 6.54 Å². The highest BCUT2D eigenvalue weighted by Gasteiger charge is 2.10. The second-order valence-corrected chi connectivity index (χ2v) is 6.17. The quantitative estimate of drug-likeness (QED) is 0.423. The summed E-state index contributed by atoms with van der Waals surface area (Å²) in [5.41, 5.74) is 1.66. The van der Waals surface area contributed by atoms with Crippen LogP contribution in [0.25, 0.3) is 11.6 Å². The number of carbonyl (C=O) groups is 1. The van der Waals surface area contributed by atoms with E-state index in [0.717, 1.165) is 24.3 Å². The largest absolute Gasteiger partial charge is 0.497 e. The Labute approximate surface area is 154 Å². The van der Waals surface area contributed by atoms with Gasteiger partial charge in [0.2, 0.25) is 0 Å². The molecule has 2 rings (SSSR count). The lowest BCUT2D eigenvalue weighted by molar-refractivity contribution is -0.130. The van der Waals surface area contributed by atoms with Gasteiger partial charge in [0.1, 0.15) is 11.5 Å². The molecule has 0 aliphatic carbocycles. The van der Waals surface area contributed by atoms with Crippen LogP contribution in [-0.2, 0) is 4.79 Å². The van der Waals surface area contributed by atoms with E-state index in [0.29, 0.717) is 17.9 Å². The Morgan fingerprint density at radius 3 is 2.19 bits per heavy atom. The number of hydrogen-bond donors (Lipinski definition) is 1. The van der Waals surface area contributed by atoms with Crippen molar-refractivity contribution in [3.8, 4) is 11.5 Å². The van der Waals surface area contributed by atoms with Crippen molar-refractivity contribution in [2.24, 2.45) is 0 Å². The van der Waals surface area contributed by atoms with E-state index in [4.69, 9.17) is 9.47 Å². The highest BCUT2D eigenvalue weighted by molar-refractivity contribution is 6.20. The molecule has 0 amide bonds. The van der Waals surface area contributed by atoms with Gasteiger partial charge in [-0.15, -0.1) is 0 Å². The minimum atomic E-state index is -0.973. The summed E-state index contributed by atoms with van der Waals surface area (Å²) in [5, 5.41) is 9.53. The summed E-state index contributed by atoms with van der Waals surface area (Å²) in [4.78, 5) is 13.7. The predicted molar refractivity (Wildman–Crippen MR) is 104 cm³/mol. The number of aliphatic carboxylic acids is 1. The Kier molecular flexibility index (Phi) is 7.24. The summed E-state index contributed by atoms with van der Waals surface area (Å²) in [6.07, 6.45) is 2.61. The molecule has 2 aromatic carbocycles. The van der Waals surface area contributed by atoms with Crippen LogP contribution in [-0.4, -0.2) is 50.3 Å². The molecule has 0 saturated heterocycles. The first kappa shape index (κ1) is 19.5. The molecule has 2 aromatic rings. The van der Waals surface area contributed by atoms with Crippen LogP contribution in [0, 0.1) is 0 Å². The SMILES string of the molecule is COc1ccc(/C(=C\c2ccc(OCCCN(C)C)cc2)C(=O)O)cc1. The minimum absolute atomic E-state index is 0.229. The summed E-state index contributed by atoms with van der Waals surface area (Å²) in [6, 6.07) is 14.4. The highest BCUT2D eigenvalue weighted by atomic mass is 16.5. The maximum absolute atomic E-state index is 11.6. The average Bonchev–Trinajstić information content (AvgIpc) is 2.64. The van der Waals surface area contributed by atoms with Crippen LogP contribution in [0.3, 0.4) is 0 Å². The second kappa shape index (κ2) is 9.63. The van der Waals surface area contributed by atoms with Crippen LogP contribution in [0.4, 0.5) is 0 Å². The minimum Gasteiger partial charge on any atom is -0.497 e. The van der Waals surface area contributed by atoms with Gasteiger partial charge in [0.15, 0.2) is 0 Å². The average molecular weight is 355 g/mol. The highest BCUT2D eigenvalue weighted by Crippen LogP contribution is 2.22. The molecule has 0 aromatic heterocycles. The van der Waals surface area contributed by atoms with Gasteiger partial charge in [-0.1, -0.05) is 24.3 Å². The molecule has 0 saturated carbocycles. The van der Waals surface area contributed by atoms with Crippen molar-refractivity contribution < 1.29 is 19.4 Å². The molecule has 0 spiro atoms. The summed E-state index contributed by atoms with van der Waals surface area (Å²) in [7, 11) is 5.64. The van der Waals surface area contributed by atoms with Gasteiger partial charge < -0.3 is 19.5 Å². The van der Waals surface area contributed by atoms with E-state index in [2.05, 4.69) is 4.90 Å². The molecule has 5 nitrogen and oxygen atoms in total. The zero-order valence-electron chi connectivity index (χ0n) is 15.4. The third-order valence-electron chi connectivity index (χ3n) is 3.84. The van der Waals surface area contributed by atoms with Gasteiger partial charge in [0.25, 0.3) is 0 Å². The molecule has 0 unspecified atom stereocenters.